The molecule has 3 aliphatic heterocycles. The third kappa shape index (κ3) is 8.34. The number of hydrogen-bond donors (Lipinski definition) is 4. The van der Waals surface area contributed by atoms with Crippen LogP contribution in [0.1, 0.15) is 74.5 Å². The van der Waals surface area contributed by atoms with Crippen LogP contribution in [0, 0.1) is 17.8 Å². The molecule has 65 heavy (non-hydrogen) atoms. The maximum Gasteiger partial charge on any atom is 0.407 e. The maximum absolute atomic E-state index is 14.3. The van der Waals surface area contributed by atoms with Crippen molar-refractivity contribution in [2.24, 2.45) is 17.8 Å². The van der Waals surface area contributed by atoms with Crippen LogP contribution in [-0.4, -0.2) is 101 Å². The SMILES string of the molecule is COCC1CC(c2ncc(-c3ccc4c(c3)COc3cc5c(ccc6[nH]c(C7CC(C)CN7C(=O)C(NC(=O)OC)C(C)C)nc65)cc3-4)[nH]2)N(C(=O)C(NC(=O)OC)c2ccccc2)C1. The molecular formula is C49H54N8O8. The fraction of sp³-hybridized carbons (Fsp3) is 0.388. The smallest absolute Gasteiger partial charge is 0.407 e. The highest BCUT2D eigenvalue weighted by atomic mass is 16.5. The summed E-state index contributed by atoms with van der Waals surface area (Å²) in [5, 5.41) is 7.41. The Kier molecular flexibility index (Phi) is 11.9. The van der Waals surface area contributed by atoms with Gasteiger partial charge in [0.1, 0.15) is 36.1 Å². The maximum atomic E-state index is 14.3. The molecule has 16 heteroatoms. The average Bonchev–Trinajstić information content (AvgIpc) is 4.15. The van der Waals surface area contributed by atoms with E-state index in [0.717, 1.165) is 61.9 Å². The first-order chi connectivity index (χ1) is 31.4. The lowest BCUT2D eigenvalue weighted by Gasteiger charge is -2.30. The molecule has 2 saturated heterocycles. The molecule has 6 unspecified atom stereocenters. The minimum Gasteiger partial charge on any atom is -0.488 e. The zero-order chi connectivity index (χ0) is 45.5. The number of likely N-dealkylation sites (tertiary alicyclic amines) is 2. The number of H-pyrrole nitrogens is 2. The number of nitrogens with zero attached hydrogens (tertiary/aromatic N) is 4. The Morgan fingerprint density at radius 3 is 2.34 bits per heavy atom. The van der Waals surface area contributed by atoms with Crippen molar-refractivity contribution in [1.82, 2.24) is 40.4 Å². The average molecular weight is 883 g/mol. The first kappa shape index (κ1) is 43.3. The minimum atomic E-state index is -0.948. The number of aromatic nitrogens is 4. The van der Waals surface area contributed by atoms with Crippen molar-refractivity contribution in [3.8, 4) is 28.1 Å². The van der Waals surface area contributed by atoms with E-state index in [9.17, 15) is 19.2 Å². The van der Waals surface area contributed by atoms with Gasteiger partial charge in [-0.15, -0.1) is 0 Å². The highest BCUT2D eigenvalue weighted by Gasteiger charge is 2.42. The van der Waals surface area contributed by atoms with Gasteiger partial charge in [0, 0.05) is 37.1 Å². The topological polar surface area (TPSA) is 193 Å². The van der Waals surface area contributed by atoms with Crippen molar-refractivity contribution in [3.05, 3.63) is 102 Å². The minimum absolute atomic E-state index is 0.0678. The molecule has 6 aromatic rings. The van der Waals surface area contributed by atoms with E-state index >= 15 is 0 Å². The van der Waals surface area contributed by atoms with Crippen molar-refractivity contribution < 1.29 is 38.1 Å². The number of ether oxygens (including phenoxy) is 4. The predicted octanol–water partition coefficient (Wildman–Crippen LogP) is 7.59. The lowest BCUT2D eigenvalue weighted by molar-refractivity contribution is -0.136. The molecule has 5 heterocycles. The van der Waals surface area contributed by atoms with Gasteiger partial charge in [0.05, 0.1) is 55.8 Å². The number of aromatic amines is 2. The summed E-state index contributed by atoms with van der Waals surface area (Å²) in [5.41, 5.74) is 7.09. The molecule has 9 rings (SSSR count). The van der Waals surface area contributed by atoms with Gasteiger partial charge < -0.3 is 49.3 Å². The molecule has 6 atom stereocenters. The van der Waals surface area contributed by atoms with Gasteiger partial charge in [0.2, 0.25) is 5.91 Å². The number of benzene rings is 4. The van der Waals surface area contributed by atoms with Crippen LogP contribution in [0.4, 0.5) is 9.59 Å². The van der Waals surface area contributed by atoms with Gasteiger partial charge in [0.25, 0.3) is 5.91 Å². The Labute approximate surface area is 376 Å². The summed E-state index contributed by atoms with van der Waals surface area (Å²) in [4.78, 5) is 73.4. The van der Waals surface area contributed by atoms with E-state index in [2.05, 4.69) is 63.9 Å². The largest absolute Gasteiger partial charge is 0.488 e. The summed E-state index contributed by atoms with van der Waals surface area (Å²) in [5.74, 6) is 1.86. The molecule has 4 amide bonds. The Balaban J connectivity index is 0.974. The van der Waals surface area contributed by atoms with E-state index in [4.69, 9.17) is 28.9 Å². The summed E-state index contributed by atoms with van der Waals surface area (Å²) in [6.45, 7) is 7.76. The second-order valence-corrected chi connectivity index (χ2v) is 17.7. The fourth-order valence-electron chi connectivity index (χ4n) is 9.77. The first-order valence-electron chi connectivity index (χ1n) is 22.1. The number of hydrogen-bond acceptors (Lipinski definition) is 10. The summed E-state index contributed by atoms with van der Waals surface area (Å²) in [7, 11) is 4.22. The molecular weight excluding hydrogens is 829 g/mol. The van der Waals surface area contributed by atoms with E-state index in [0.29, 0.717) is 49.9 Å². The second-order valence-electron chi connectivity index (χ2n) is 17.7. The number of carbonyl (C=O) groups excluding carboxylic acids is 4. The van der Waals surface area contributed by atoms with Gasteiger partial charge in [-0.3, -0.25) is 9.59 Å². The van der Waals surface area contributed by atoms with Crippen LogP contribution in [0.25, 0.3) is 44.2 Å². The summed E-state index contributed by atoms with van der Waals surface area (Å²) >= 11 is 0. The number of amides is 4. The molecule has 0 radical (unpaired) electrons. The van der Waals surface area contributed by atoms with Crippen molar-refractivity contribution in [1.29, 1.82) is 0 Å². The van der Waals surface area contributed by atoms with E-state index in [-0.39, 0.29) is 41.7 Å². The van der Waals surface area contributed by atoms with Crippen molar-refractivity contribution in [3.63, 3.8) is 0 Å². The fourth-order valence-corrected chi connectivity index (χ4v) is 9.77. The first-order valence-corrected chi connectivity index (χ1v) is 22.1. The van der Waals surface area contributed by atoms with Crippen molar-refractivity contribution in [2.75, 3.05) is 41.0 Å². The van der Waals surface area contributed by atoms with Crippen LogP contribution in [0.15, 0.2) is 79.0 Å². The molecule has 0 bridgehead atoms. The van der Waals surface area contributed by atoms with Crippen LogP contribution >= 0.6 is 0 Å². The molecule has 4 aromatic carbocycles. The standard InChI is InChI=1S/C49H54N8O8/c1-26(2)41(54-48(60)63-5)46(58)56-22-27(3)16-38(56)45-51-36-15-13-30-19-35-33-14-12-31(18-32(33)25-65-40(35)20-34(30)43(36)53-45)37-21-50-44(52-37)39-17-28(24-62-4)23-57(39)47(59)42(55-49(61)64-6)29-10-8-7-9-11-29/h7-15,18-21,26-28,38-39,41-42H,16-17,22-25H2,1-6H3,(H,50,52)(H,51,53)(H,54,60)(H,55,61). The molecule has 0 aliphatic carbocycles. The molecule has 2 fully saturated rings. The van der Waals surface area contributed by atoms with Gasteiger partial charge in [-0.1, -0.05) is 69.3 Å². The lowest BCUT2D eigenvalue weighted by Crippen LogP contribution is -2.51. The lowest BCUT2D eigenvalue weighted by atomic mass is 9.92. The second kappa shape index (κ2) is 17.9. The zero-order valence-corrected chi connectivity index (χ0v) is 37.3. The predicted molar refractivity (Wildman–Crippen MR) is 243 cm³/mol. The van der Waals surface area contributed by atoms with Crippen LogP contribution in [0.2, 0.25) is 0 Å². The normalized spacial score (nSPS) is 20.0. The summed E-state index contributed by atoms with van der Waals surface area (Å²) in [6.07, 6.45) is 1.83. The highest BCUT2D eigenvalue weighted by molar-refractivity contribution is 6.07. The van der Waals surface area contributed by atoms with Crippen LogP contribution in [0.3, 0.4) is 0 Å². The van der Waals surface area contributed by atoms with Gasteiger partial charge >= 0.3 is 12.2 Å². The van der Waals surface area contributed by atoms with E-state index in [1.807, 2.05) is 55.1 Å². The van der Waals surface area contributed by atoms with Crippen LogP contribution < -0.4 is 15.4 Å². The zero-order valence-electron chi connectivity index (χ0n) is 37.3. The molecule has 0 spiro atoms. The molecule has 0 saturated carbocycles. The van der Waals surface area contributed by atoms with Gasteiger partial charge in [-0.2, -0.15) is 0 Å². The Morgan fingerprint density at radius 2 is 1.58 bits per heavy atom. The Hall–Kier alpha value is -6.94. The van der Waals surface area contributed by atoms with E-state index in [1.54, 1.807) is 18.2 Å². The van der Waals surface area contributed by atoms with Crippen molar-refractivity contribution >= 4 is 45.8 Å². The third-order valence-electron chi connectivity index (χ3n) is 13.0. The summed E-state index contributed by atoms with van der Waals surface area (Å²) in [6, 6.07) is 21.4. The van der Waals surface area contributed by atoms with Crippen molar-refractivity contribution in [2.45, 2.75) is 64.4 Å². The van der Waals surface area contributed by atoms with E-state index in [1.165, 1.54) is 14.2 Å². The monoisotopic (exact) mass is 882 g/mol. The Morgan fingerprint density at radius 1 is 0.831 bits per heavy atom. The van der Waals surface area contributed by atoms with Gasteiger partial charge in [-0.25, -0.2) is 19.6 Å². The Bertz CT molecular complexity index is 2770. The molecule has 4 N–H and O–H groups in total. The van der Waals surface area contributed by atoms with Gasteiger partial charge in [0.15, 0.2) is 0 Å². The molecule has 3 aliphatic rings. The molecule has 338 valence electrons. The number of imidazole rings is 2. The van der Waals surface area contributed by atoms with Gasteiger partial charge in [-0.05, 0) is 76.6 Å². The number of methoxy groups -OCH3 is 3. The number of fused-ring (bicyclic) bond motifs is 6. The number of rotatable bonds is 11. The number of alkyl carbamates (subject to hydrolysis) is 2. The number of carbonyl (C=O) groups is 4. The third-order valence-corrected chi connectivity index (χ3v) is 13.0. The highest BCUT2D eigenvalue weighted by Crippen LogP contribution is 2.44. The quantitative estimate of drug-likeness (QED) is 0.101. The molecule has 16 nitrogen and oxygen atoms in total. The van der Waals surface area contributed by atoms with Crippen LogP contribution in [-0.2, 0) is 30.4 Å². The summed E-state index contributed by atoms with van der Waals surface area (Å²) < 4.78 is 21.7. The molecule has 2 aromatic heterocycles. The number of nitrogens with one attached hydrogen (secondary N) is 4. The van der Waals surface area contributed by atoms with E-state index < -0.39 is 24.3 Å². The van der Waals surface area contributed by atoms with Crippen LogP contribution in [0.5, 0.6) is 5.75 Å².